The molecule has 0 radical (unpaired) electrons. The van der Waals surface area contributed by atoms with Gasteiger partial charge in [-0.1, -0.05) is 18.2 Å². The largest absolute Gasteiger partial charge is 0.292 e. The smallest absolute Gasteiger partial charge is 0.269 e. The summed E-state index contributed by atoms with van der Waals surface area (Å²) in [6, 6.07) is 13.7. The van der Waals surface area contributed by atoms with Crippen LogP contribution in [0.3, 0.4) is 0 Å². The third kappa shape index (κ3) is 3.39. The standard InChI is InChI=1S/C18H14BrFN2OS/c1-2-22(17-10-7-12(19)11-21-17)18(23)16-9-8-15(24-16)13-5-3-4-6-14(13)20/h3-11H,2H2,1H3. The summed E-state index contributed by atoms with van der Waals surface area (Å²) in [6.07, 6.45) is 1.66. The number of pyridine rings is 1. The Morgan fingerprint density at radius 1 is 1.21 bits per heavy atom. The lowest BCUT2D eigenvalue weighted by molar-refractivity contribution is 0.0991. The number of hydrogen-bond acceptors (Lipinski definition) is 3. The highest BCUT2D eigenvalue weighted by atomic mass is 79.9. The van der Waals surface area contributed by atoms with Crippen molar-refractivity contribution in [1.29, 1.82) is 0 Å². The zero-order valence-corrected chi connectivity index (χ0v) is 15.3. The van der Waals surface area contributed by atoms with Gasteiger partial charge < -0.3 is 0 Å². The molecule has 0 saturated heterocycles. The van der Waals surface area contributed by atoms with E-state index in [0.717, 1.165) is 9.35 Å². The van der Waals surface area contributed by atoms with E-state index in [1.54, 1.807) is 47.5 Å². The molecule has 0 atom stereocenters. The van der Waals surface area contributed by atoms with Crippen LogP contribution in [-0.2, 0) is 0 Å². The molecule has 2 heterocycles. The molecule has 6 heteroatoms. The zero-order chi connectivity index (χ0) is 17.1. The second-order valence-electron chi connectivity index (χ2n) is 5.03. The van der Waals surface area contributed by atoms with Crippen LogP contribution in [-0.4, -0.2) is 17.4 Å². The Labute approximate surface area is 151 Å². The van der Waals surface area contributed by atoms with Crippen LogP contribution in [0.2, 0.25) is 0 Å². The molecule has 0 unspecified atom stereocenters. The van der Waals surface area contributed by atoms with Gasteiger partial charge in [0.15, 0.2) is 0 Å². The normalized spacial score (nSPS) is 10.6. The summed E-state index contributed by atoms with van der Waals surface area (Å²) >= 11 is 4.62. The highest BCUT2D eigenvalue weighted by Gasteiger charge is 2.20. The van der Waals surface area contributed by atoms with Gasteiger partial charge in [0.05, 0.1) is 4.88 Å². The van der Waals surface area contributed by atoms with Crippen LogP contribution in [0.25, 0.3) is 10.4 Å². The molecule has 3 aromatic rings. The van der Waals surface area contributed by atoms with Crippen LogP contribution in [0.1, 0.15) is 16.6 Å². The summed E-state index contributed by atoms with van der Waals surface area (Å²) in [4.78, 5) is 19.9. The van der Waals surface area contributed by atoms with Crippen molar-refractivity contribution in [3.63, 3.8) is 0 Å². The summed E-state index contributed by atoms with van der Waals surface area (Å²) < 4.78 is 14.8. The van der Waals surface area contributed by atoms with E-state index in [1.807, 2.05) is 13.0 Å². The molecule has 3 nitrogen and oxygen atoms in total. The number of benzene rings is 1. The Kier molecular flexibility index (Phi) is 5.06. The van der Waals surface area contributed by atoms with E-state index >= 15 is 0 Å². The van der Waals surface area contributed by atoms with Crippen molar-refractivity contribution in [3.8, 4) is 10.4 Å². The number of anilines is 1. The molecule has 1 aromatic carbocycles. The van der Waals surface area contributed by atoms with Crippen molar-refractivity contribution >= 4 is 39.0 Å². The minimum atomic E-state index is -0.291. The van der Waals surface area contributed by atoms with E-state index in [-0.39, 0.29) is 11.7 Å². The molecule has 0 bridgehead atoms. The number of halogens is 2. The quantitative estimate of drug-likeness (QED) is 0.584. The average Bonchev–Trinajstić information content (AvgIpc) is 3.07. The van der Waals surface area contributed by atoms with Gasteiger partial charge in [0, 0.05) is 27.7 Å². The number of amides is 1. The van der Waals surface area contributed by atoms with E-state index in [1.165, 1.54) is 17.4 Å². The van der Waals surface area contributed by atoms with Gasteiger partial charge in [-0.25, -0.2) is 9.37 Å². The maximum atomic E-state index is 13.9. The van der Waals surface area contributed by atoms with Crippen molar-refractivity contribution in [2.45, 2.75) is 6.92 Å². The lowest BCUT2D eigenvalue weighted by atomic mass is 10.2. The predicted molar refractivity (Wildman–Crippen MR) is 99.0 cm³/mol. The predicted octanol–water partition coefficient (Wildman–Crippen LogP) is 5.38. The Balaban J connectivity index is 1.90. The van der Waals surface area contributed by atoms with Gasteiger partial charge in [0.25, 0.3) is 5.91 Å². The van der Waals surface area contributed by atoms with Crippen LogP contribution < -0.4 is 4.90 Å². The fourth-order valence-corrected chi connectivity index (χ4v) is 3.55. The van der Waals surface area contributed by atoms with E-state index < -0.39 is 0 Å². The van der Waals surface area contributed by atoms with Gasteiger partial charge in [0.1, 0.15) is 11.6 Å². The fourth-order valence-electron chi connectivity index (χ4n) is 2.33. The van der Waals surface area contributed by atoms with Gasteiger partial charge in [-0.3, -0.25) is 9.69 Å². The number of carbonyl (C=O) groups is 1. The SMILES string of the molecule is CCN(C(=O)c1ccc(-c2ccccc2F)s1)c1ccc(Br)cn1. The summed E-state index contributed by atoms with van der Waals surface area (Å²) in [6.45, 7) is 2.40. The fraction of sp³-hybridized carbons (Fsp3) is 0.111. The molecule has 24 heavy (non-hydrogen) atoms. The van der Waals surface area contributed by atoms with Crippen LogP contribution in [0.5, 0.6) is 0 Å². The highest BCUT2D eigenvalue weighted by molar-refractivity contribution is 9.10. The summed E-state index contributed by atoms with van der Waals surface area (Å²) in [5, 5.41) is 0. The summed E-state index contributed by atoms with van der Waals surface area (Å²) in [7, 11) is 0. The molecule has 0 saturated carbocycles. The van der Waals surface area contributed by atoms with Crippen molar-refractivity contribution in [1.82, 2.24) is 4.98 Å². The molecule has 0 aliphatic carbocycles. The molecule has 0 N–H and O–H groups in total. The van der Waals surface area contributed by atoms with E-state index in [9.17, 15) is 9.18 Å². The lowest BCUT2D eigenvalue weighted by Crippen LogP contribution is -2.30. The topological polar surface area (TPSA) is 33.2 Å². The first-order chi connectivity index (χ1) is 11.6. The number of nitrogens with zero attached hydrogens (tertiary/aromatic N) is 2. The Morgan fingerprint density at radius 3 is 2.67 bits per heavy atom. The molecule has 0 aliphatic rings. The molecule has 122 valence electrons. The average molecular weight is 405 g/mol. The van der Waals surface area contributed by atoms with E-state index in [2.05, 4.69) is 20.9 Å². The van der Waals surface area contributed by atoms with E-state index in [0.29, 0.717) is 22.8 Å². The molecule has 0 fully saturated rings. The first kappa shape index (κ1) is 16.8. The number of aromatic nitrogens is 1. The Bertz CT molecular complexity index is 863. The summed E-state index contributed by atoms with van der Waals surface area (Å²) in [5.74, 6) is 0.159. The first-order valence-corrected chi connectivity index (χ1v) is 8.99. The molecular weight excluding hydrogens is 391 g/mol. The Morgan fingerprint density at radius 2 is 2.00 bits per heavy atom. The molecule has 0 spiro atoms. The monoisotopic (exact) mass is 404 g/mol. The number of thiophene rings is 1. The number of hydrogen-bond donors (Lipinski definition) is 0. The van der Waals surface area contributed by atoms with Crippen LogP contribution >= 0.6 is 27.3 Å². The molecule has 0 aliphatic heterocycles. The van der Waals surface area contributed by atoms with Crippen LogP contribution in [0, 0.1) is 5.82 Å². The van der Waals surface area contributed by atoms with Crippen LogP contribution in [0.15, 0.2) is 59.2 Å². The maximum absolute atomic E-state index is 13.9. The maximum Gasteiger partial charge on any atom is 0.269 e. The second-order valence-corrected chi connectivity index (χ2v) is 7.03. The third-order valence-electron chi connectivity index (χ3n) is 3.51. The minimum Gasteiger partial charge on any atom is -0.292 e. The molecule has 1 amide bonds. The minimum absolute atomic E-state index is 0.139. The van der Waals surface area contributed by atoms with Crippen molar-refractivity contribution in [2.24, 2.45) is 0 Å². The third-order valence-corrected chi connectivity index (χ3v) is 5.08. The number of carbonyl (C=O) groups excluding carboxylic acids is 1. The molecule has 2 aromatic heterocycles. The van der Waals surface area contributed by atoms with Gasteiger partial charge in [-0.15, -0.1) is 11.3 Å². The van der Waals surface area contributed by atoms with Gasteiger partial charge in [-0.05, 0) is 53.2 Å². The first-order valence-electron chi connectivity index (χ1n) is 7.38. The van der Waals surface area contributed by atoms with E-state index in [4.69, 9.17) is 0 Å². The zero-order valence-electron chi connectivity index (χ0n) is 12.9. The summed E-state index contributed by atoms with van der Waals surface area (Å²) in [5.41, 5.74) is 0.506. The van der Waals surface area contributed by atoms with Crippen molar-refractivity contribution in [3.05, 3.63) is 69.9 Å². The number of rotatable bonds is 4. The van der Waals surface area contributed by atoms with Crippen LogP contribution in [0.4, 0.5) is 10.2 Å². The van der Waals surface area contributed by atoms with Crippen molar-refractivity contribution in [2.75, 3.05) is 11.4 Å². The van der Waals surface area contributed by atoms with Crippen molar-refractivity contribution < 1.29 is 9.18 Å². The van der Waals surface area contributed by atoms with Gasteiger partial charge in [-0.2, -0.15) is 0 Å². The highest BCUT2D eigenvalue weighted by Crippen LogP contribution is 2.31. The van der Waals surface area contributed by atoms with Gasteiger partial charge in [0.2, 0.25) is 0 Å². The molecular formula is C18H14BrFN2OS. The molecule has 3 rings (SSSR count). The second kappa shape index (κ2) is 7.23. The Hall–Kier alpha value is -2.05. The van der Waals surface area contributed by atoms with Gasteiger partial charge >= 0.3 is 0 Å². The lowest BCUT2D eigenvalue weighted by Gasteiger charge is -2.19.